The second-order valence-electron chi connectivity index (χ2n) is 7.07. The maximum absolute atomic E-state index is 14.9. The van der Waals surface area contributed by atoms with Crippen LogP contribution in [-0.2, 0) is 0 Å². The minimum Gasteiger partial charge on any atom is -0.496 e. The van der Waals surface area contributed by atoms with Crippen LogP contribution in [0.3, 0.4) is 0 Å². The van der Waals surface area contributed by atoms with Gasteiger partial charge in [-0.15, -0.1) is 0 Å². The van der Waals surface area contributed by atoms with E-state index in [0.717, 1.165) is 0 Å². The third-order valence-electron chi connectivity index (χ3n) is 4.95. The Kier molecular flexibility index (Phi) is 5.72. The van der Waals surface area contributed by atoms with Crippen molar-refractivity contribution in [3.8, 4) is 17.2 Å². The summed E-state index contributed by atoms with van der Waals surface area (Å²) in [5.41, 5.74) is 6.03. The largest absolute Gasteiger partial charge is 0.496 e. The van der Waals surface area contributed by atoms with E-state index in [-0.39, 0.29) is 46.6 Å². The summed E-state index contributed by atoms with van der Waals surface area (Å²) < 4.78 is 25.8. The number of urea groups is 1. The summed E-state index contributed by atoms with van der Waals surface area (Å²) in [6.07, 6.45) is 0.894. The number of hydrogen-bond acceptors (Lipinski definition) is 6. The molecule has 2 heterocycles. The van der Waals surface area contributed by atoms with E-state index in [2.05, 4.69) is 10.3 Å². The number of carbonyl (C=O) groups excluding carboxylic acids is 2. The van der Waals surface area contributed by atoms with Crippen LogP contribution < -0.4 is 20.5 Å². The molecule has 3 aromatic rings. The Morgan fingerprint density at radius 2 is 2.00 bits per heavy atom. The molecule has 32 heavy (non-hydrogen) atoms. The number of anilines is 1. The number of nitrogens with two attached hydrogens (primary N) is 1. The number of halogens is 2. The molecule has 0 bridgehead atoms. The zero-order valence-electron chi connectivity index (χ0n) is 16.8. The molecule has 1 aliphatic heterocycles. The number of nitrogens with zero attached hydrogens (tertiary/aromatic N) is 2. The van der Waals surface area contributed by atoms with E-state index >= 15 is 0 Å². The molecule has 0 unspecified atom stereocenters. The first-order valence-electron chi connectivity index (χ1n) is 9.45. The normalized spacial score (nSPS) is 13.6. The number of aliphatic hydroxyl groups excluding tert-OH is 1. The Labute approximate surface area is 186 Å². The average Bonchev–Trinajstić information content (AvgIpc) is 2.75. The number of likely N-dealkylation sites (tertiary alicyclic amines) is 1. The highest BCUT2D eigenvalue weighted by Crippen LogP contribution is 2.37. The lowest BCUT2D eigenvalue weighted by atomic mass is 10.1. The number of β-amino-alcohol motifs (C(OH)–C–C–N with tert-alkyl or cyclic N) is 1. The number of pyridine rings is 1. The number of carbonyl (C=O) groups is 2. The summed E-state index contributed by atoms with van der Waals surface area (Å²) in [5.74, 6) is -1.33. The monoisotopic (exact) mass is 460 g/mol. The molecule has 3 amide bonds. The Bertz CT molecular complexity index is 1230. The number of fused-ring (bicyclic) bond motifs is 1. The van der Waals surface area contributed by atoms with Crippen molar-refractivity contribution in [2.75, 3.05) is 25.5 Å². The number of nitrogens with one attached hydrogen (secondary N) is 1. The predicted molar refractivity (Wildman–Crippen MR) is 115 cm³/mol. The quantitative estimate of drug-likeness (QED) is 0.536. The second-order valence-corrected chi connectivity index (χ2v) is 7.45. The highest BCUT2D eigenvalue weighted by Gasteiger charge is 2.29. The van der Waals surface area contributed by atoms with E-state index in [1.807, 2.05) is 0 Å². The molecule has 2 aromatic carbocycles. The minimum atomic E-state index is -0.887. The average molecular weight is 461 g/mol. The Morgan fingerprint density at radius 1 is 1.25 bits per heavy atom. The fraction of sp³-hybridized carbons (Fsp3) is 0.190. The lowest BCUT2D eigenvalue weighted by molar-refractivity contribution is 0.0309. The minimum absolute atomic E-state index is 0.0586. The van der Waals surface area contributed by atoms with Gasteiger partial charge in [0, 0.05) is 17.6 Å². The van der Waals surface area contributed by atoms with Crippen LogP contribution in [0, 0.1) is 5.82 Å². The van der Waals surface area contributed by atoms with Crippen LogP contribution >= 0.6 is 11.6 Å². The molecular weight excluding hydrogens is 443 g/mol. The van der Waals surface area contributed by atoms with Gasteiger partial charge in [-0.3, -0.25) is 9.78 Å². The smallest absolute Gasteiger partial charge is 0.322 e. The summed E-state index contributed by atoms with van der Waals surface area (Å²) in [6.45, 7) is 0.390. The van der Waals surface area contributed by atoms with Gasteiger partial charge in [0.2, 0.25) is 0 Å². The van der Waals surface area contributed by atoms with Crippen LogP contribution in [-0.4, -0.2) is 53.2 Å². The molecule has 9 nitrogen and oxygen atoms in total. The number of benzene rings is 2. The molecule has 0 spiro atoms. The van der Waals surface area contributed by atoms with Crippen LogP contribution in [0.2, 0.25) is 5.02 Å². The molecule has 1 aliphatic rings. The molecule has 0 atom stereocenters. The number of primary amides is 1. The first-order valence-corrected chi connectivity index (χ1v) is 9.82. The van der Waals surface area contributed by atoms with Crippen LogP contribution in [0.1, 0.15) is 10.4 Å². The standard InChI is InChI=1S/C21H18ClFN4O5/c1-31-17-7-14-11(6-12(17)20(24)29)15(4-5-25-14)32-16-3-2-13(18(22)19(16)23)26-21(30)27-8-10(28)9-27/h2-7,10,28H,8-9H2,1H3,(H2,24,29)(H,26,30). The Balaban J connectivity index is 1.64. The molecule has 1 aromatic heterocycles. The SMILES string of the molecule is COc1cc2nccc(Oc3ccc(NC(=O)N4CC(O)C4)c(Cl)c3F)c2cc1C(N)=O. The number of aliphatic hydroxyl groups is 1. The lowest BCUT2D eigenvalue weighted by Crippen LogP contribution is -2.54. The predicted octanol–water partition coefficient (Wildman–Crippen LogP) is 3.14. The maximum atomic E-state index is 14.9. The van der Waals surface area contributed by atoms with Crippen molar-refractivity contribution in [2.45, 2.75) is 6.10 Å². The van der Waals surface area contributed by atoms with Crippen molar-refractivity contribution < 1.29 is 28.6 Å². The van der Waals surface area contributed by atoms with Gasteiger partial charge in [-0.2, -0.15) is 0 Å². The summed E-state index contributed by atoms with van der Waals surface area (Å²) in [4.78, 5) is 29.4. The zero-order valence-corrected chi connectivity index (χ0v) is 17.5. The van der Waals surface area contributed by atoms with Gasteiger partial charge in [0.05, 0.1) is 43.1 Å². The fourth-order valence-electron chi connectivity index (χ4n) is 3.24. The number of hydrogen-bond donors (Lipinski definition) is 3. The maximum Gasteiger partial charge on any atom is 0.322 e. The van der Waals surface area contributed by atoms with Gasteiger partial charge in [0.1, 0.15) is 16.5 Å². The van der Waals surface area contributed by atoms with Crippen LogP contribution in [0.15, 0.2) is 36.5 Å². The number of ether oxygens (including phenoxy) is 2. The molecule has 0 radical (unpaired) electrons. The molecule has 4 N–H and O–H groups in total. The van der Waals surface area contributed by atoms with E-state index in [1.54, 1.807) is 0 Å². The van der Waals surface area contributed by atoms with Crippen LogP contribution in [0.25, 0.3) is 10.9 Å². The molecule has 1 saturated heterocycles. The third kappa shape index (κ3) is 3.97. The van der Waals surface area contributed by atoms with Crippen molar-refractivity contribution in [3.63, 3.8) is 0 Å². The summed E-state index contributed by atoms with van der Waals surface area (Å²) >= 11 is 6.10. The number of aromatic nitrogens is 1. The van der Waals surface area contributed by atoms with Gasteiger partial charge in [0.15, 0.2) is 11.6 Å². The first-order chi connectivity index (χ1) is 15.3. The molecule has 166 valence electrons. The van der Waals surface area contributed by atoms with Gasteiger partial charge in [-0.1, -0.05) is 11.6 Å². The zero-order chi connectivity index (χ0) is 23.0. The highest BCUT2D eigenvalue weighted by molar-refractivity contribution is 6.34. The van der Waals surface area contributed by atoms with E-state index < -0.39 is 23.9 Å². The van der Waals surface area contributed by atoms with Crippen LogP contribution in [0.4, 0.5) is 14.9 Å². The fourth-order valence-corrected chi connectivity index (χ4v) is 3.44. The molecular formula is C21H18ClFN4O5. The second kappa shape index (κ2) is 8.48. The topological polar surface area (TPSA) is 127 Å². The van der Waals surface area contributed by atoms with Crippen molar-refractivity contribution in [1.82, 2.24) is 9.88 Å². The first kappa shape index (κ1) is 21.6. The van der Waals surface area contributed by atoms with Gasteiger partial charge in [-0.25, -0.2) is 9.18 Å². The van der Waals surface area contributed by atoms with Gasteiger partial charge in [0.25, 0.3) is 5.91 Å². The molecule has 11 heteroatoms. The third-order valence-corrected chi connectivity index (χ3v) is 5.32. The van der Waals surface area contributed by atoms with E-state index in [4.69, 9.17) is 26.8 Å². The molecule has 1 fully saturated rings. The van der Waals surface area contributed by atoms with Crippen LogP contribution in [0.5, 0.6) is 17.2 Å². The number of amides is 3. The summed E-state index contributed by atoms with van der Waals surface area (Å²) in [5, 5.41) is 11.9. The van der Waals surface area contributed by atoms with E-state index in [9.17, 15) is 19.1 Å². The number of methoxy groups -OCH3 is 1. The lowest BCUT2D eigenvalue weighted by Gasteiger charge is -2.35. The van der Waals surface area contributed by atoms with Gasteiger partial charge in [-0.05, 0) is 24.3 Å². The Morgan fingerprint density at radius 3 is 2.66 bits per heavy atom. The van der Waals surface area contributed by atoms with Crippen molar-refractivity contribution in [1.29, 1.82) is 0 Å². The van der Waals surface area contributed by atoms with E-state index in [1.165, 1.54) is 48.5 Å². The molecule has 0 saturated carbocycles. The van der Waals surface area contributed by atoms with Gasteiger partial charge < -0.3 is 30.5 Å². The number of rotatable bonds is 5. The molecule has 4 rings (SSSR count). The van der Waals surface area contributed by atoms with Crippen molar-refractivity contribution in [2.24, 2.45) is 5.73 Å². The Hall–Kier alpha value is -3.63. The highest BCUT2D eigenvalue weighted by atomic mass is 35.5. The summed E-state index contributed by atoms with van der Waals surface area (Å²) in [7, 11) is 1.40. The van der Waals surface area contributed by atoms with Crippen molar-refractivity contribution in [3.05, 3.63) is 52.9 Å². The van der Waals surface area contributed by atoms with E-state index in [0.29, 0.717) is 10.9 Å². The van der Waals surface area contributed by atoms with Crippen molar-refractivity contribution >= 4 is 40.1 Å². The molecule has 0 aliphatic carbocycles. The van der Waals surface area contributed by atoms with Gasteiger partial charge >= 0.3 is 6.03 Å². The summed E-state index contributed by atoms with van der Waals surface area (Å²) in [6, 6.07) is 6.68.